The van der Waals surface area contributed by atoms with Crippen LogP contribution in [0.5, 0.6) is 5.75 Å². The molecule has 1 aliphatic rings. The van der Waals surface area contributed by atoms with Gasteiger partial charge >= 0.3 is 18.3 Å². The first-order chi connectivity index (χ1) is 15.9. The predicted octanol–water partition coefficient (Wildman–Crippen LogP) is 4.47. The van der Waals surface area contributed by atoms with Crippen LogP contribution in [-0.2, 0) is 26.9 Å². The molecule has 0 aromatic heterocycles. The maximum atomic E-state index is 13.6. The van der Waals surface area contributed by atoms with Crippen LogP contribution in [0.15, 0.2) is 42.5 Å². The van der Waals surface area contributed by atoms with Gasteiger partial charge in [0.25, 0.3) is 0 Å². The zero-order chi connectivity index (χ0) is 25.1. The first kappa shape index (κ1) is 25.2. The summed E-state index contributed by atoms with van der Waals surface area (Å²) in [5.74, 6) is -0.139. The molecule has 0 bridgehead atoms. The van der Waals surface area contributed by atoms with E-state index in [2.05, 4.69) is 4.74 Å². The highest BCUT2D eigenvalue weighted by Gasteiger charge is 2.51. The molecule has 12 heteroatoms. The summed E-state index contributed by atoms with van der Waals surface area (Å²) in [7, 11) is 1.25. The highest BCUT2D eigenvalue weighted by molar-refractivity contribution is 5.72. The highest BCUT2D eigenvalue weighted by atomic mass is 19.4. The molecule has 6 nitrogen and oxygen atoms in total. The number of nitrogens with zero attached hydrogens (tertiary/aromatic N) is 2. The Balaban J connectivity index is 1.75. The first-order valence-corrected chi connectivity index (χ1v) is 9.81. The van der Waals surface area contributed by atoms with E-state index in [0.717, 1.165) is 12.1 Å². The van der Waals surface area contributed by atoms with Gasteiger partial charge in [0.1, 0.15) is 18.5 Å². The summed E-state index contributed by atoms with van der Waals surface area (Å²) in [5.41, 5.74) is -1.78. The maximum absolute atomic E-state index is 13.6. The Labute approximate surface area is 190 Å². The monoisotopic (exact) mass is 488 g/mol. The number of halogens is 6. The molecule has 182 valence electrons. The maximum Gasteiger partial charge on any atom is 0.433 e. The fourth-order valence-electron chi connectivity index (χ4n) is 3.38. The minimum absolute atomic E-state index is 0.0369. The Morgan fingerprint density at radius 1 is 1.15 bits per heavy atom. The van der Waals surface area contributed by atoms with Crippen LogP contribution in [0.3, 0.4) is 0 Å². The van der Waals surface area contributed by atoms with E-state index in [9.17, 15) is 31.1 Å². The number of anilines is 1. The second-order valence-corrected chi connectivity index (χ2v) is 7.35. The zero-order valence-electron chi connectivity index (χ0n) is 17.6. The summed E-state index contributed by atoms with van der Waals surface area (Å²) in [5, 5.41) is 8.90. The molecule has 2 aromatic carbocycles. The van der Waals surface area contributed by atoms with Crippen molar-refractivity contribution in [2.45, 2.75) is 31.1 Å². The molecule has 1 fully saturated rings. The summed E-state index contributed by atoms with van der Waals surface area (Å²) in [4.78, 5) is 11.9. The Hall–Kier alpha value is -3.46. The molecule has 0 radical (unpaired) electrons. The number of rotatable bonds is 6. The number of hydrogen-bond donors (Lipinski definition) is 0. The number of carbonyl (C=O) groups excluding carboxylic acids is 1. The highest BCUT2D eigenvalue weighted by Crippen LogP contribution is 2.39. The third kappa shape index (κ3) is 5.91. The standard InChI is InChI=1S/C22H18F6N2O4/c1-32-19(31)8-13-2-6-16(7-3-13)33-12-17-11-30(20(34-17)22(26,27)28)15-5-4-14(10-29)18(9-15)21(23,24)25/h2-7,9,17,20H,8,11-12H2,1H3/t17-,20+/m0/s1. The summed E-state index contributed by atoms with van der Waals surface area (Å²) in [6.07, 6.45) is -13.4. The third-order valence-corrected chi connectivity index (χ3v) is 4.98. The molecule has 0 aliphatic carbocycles. The Bertz CT molecular complexity index is 1060. The molecule has 1 heterocycles. The van der Waals surface area contributed by atoms with E-state index in [0.29, 0.717) is 22.3 Å². The summed E-state index contributed by atoms with van der Waals surface area (Å²) >= 11 is 0. The fraction of sp³-hybridized carbons (Fsp3) is 0.364. The lowest BCUT2D eigenvalue weighted by Gasteiger charge is -2.27. The van der Waals surface area contributed by atoms with Crippen molar-refractivity contribution in [1.82, 2.24) is 0 Å². The largest absolute Gasteiger partial charge is 0.491 e. The van der Waals surface area contributed by atoms with Gasteiger partial charge in [0.15, 0.2) is 0 Å². The van der Waals surface area contributed by atoms with E-state index in [1.165, 1.54) is 25.3 Å². The smallest absolute Gasteiger partial charge is 0.433 e. The van der Waals surface area contributed by atoms with Crippen molar-refractivity contribution in [3.8, 4) is 11.8 Å². The van der Waals surface area contributed by atoms with Gasteiger partial charge in [0.2, 0.25) is 6.23 Å². The van der Waals surface area contributed by atoms with Crippen LogP contribution in [0, 0.1) is 11.3 Å². The Morgan fingerprint density at radius 3 is 2.38 bits per heavy atom. The van der Waals surface area contributed by atoms with Crippen LogP contribution in [0.2, 0.25) is 0 Å². The molecule has 2 aromatic rings. The van der Waals surface area contributed by atoms with Crippen LogP contribution >= 0.6 is 0 Å². The third-order valence-electron chi connectivity index (χ3n) is 4.98. The average Bonchev–Trinajstić information content (AvgIpc) is 3.22. The first-order valence-electron chi connectivity index (χ1n) is 9.81. The lowest BCUT2D eigenvalue weighted by Crippen LogP contribution is -2.42. The van der Waals surface area contributed by atoms with E-state index >= 15 is 0 Å². The molecule has 1 aliphatic heterocycles. The molecule has 0 N–H and O–H groups in total. The second kappa shape index (κ2) is 9.80. The van der Waals surface area contributed by atoms with E-state index in [1.54, 1.807) is 12.1 Å². The summed E-state index contributed by atoms with van der Waals surface area (Å²) < 4.78 is 95.6. The Kier molecular flexibility index (Phi) is 7.26. The summed E-state index contributed by atoms with van der Waals surface area (Å²) in [6.45, 7) is -0.699. The number of alkyl halides is 6. The lowest BCUT2D eigenvalue weighted by atomic mass is 10.1. The molecular formula is C22H18F6N2O4. The lowest BCUT2D eigenvalue weighted by molar-refractivity contribution is -0.215. The van der Waals surface area contributed by atoms with Gasteiger partial charge in [-0.25, -0.2) is 0 Å². The van der Waals surface area contributed by atoms with Crippen LogP contribution < -0.4 is 9.64 Å². The van der Waals surface area contributed by atoms with Crippen LogP contribution in [0.4, 0.5) is 32.0 Å². The van der Waals surface area contributed by atoms with Gasteiger partial charge in [-0.05, 0) is 35.9 Å². The average molecular weight is 488 g/mol. The van der Waals surface area contributed by atoms with Crippen molar-refractivity contribution in [2.75, 3.05) is 25.2 Å². The second-order valence-electron chi connectivity index (χ2n) is 7.35. The normalized spacial score (nSPS) is 18.5. The zero-order valence-corrected chi connectivity index (χ0v) is 17.6. The van der Waals surface area contributed by atoms with Crippen LogP contribution in [-0.4, -0.2) is 44.7 Å². The molecule has 0 saturated carbocycles. The van der Waals surface area contributed by atoms with Gasteiger partial charge in [-0.1, -0.05) is 12.1 Å². The number of esters is 1. The van der Waals surface area contributed by atoms with Crippen molar-refractivity contribution in [3.63, 3.8) is 0 Å². The van der Waals surface area contributed by atoms with Gasteiger partial charge in [0.05, 0.1) is 37.3 Å². The van der Waals surface area contributed by atoms with E-state index < -0.39 is 48.3 Å². The minimum atomic E-state index is -4.92. The molecule has 0 spiro atoms. The van der Waals surface area contributed by atoms with Gasteiger partial charge in [-0.2, -0.15) is 31.6 Å². The van der Waals surface area contributed by atoms with Gasteiger partial charge in [-0.3, -0.25) is 4.79 Å². The number of benzene rings is 2. The molecule has 3 rings (SSSR count). The van der Waals surface area contributed by atoms with Gasteiger partial charge < -0.3 is 19.1 Å². The van der Waals surface area contributed by atoms with Gasteiger partial charge in [0, 0.05) is 5.69 Å². The van der Waals surface area contributed by atoms with Crippen molar-refractivity contribution < 1.29 is 45.3 Å². The fourth-order valence-corrected chi connectivity index (χ4v) is 3.38. The topological polar surface area (TPSA) is 71.8 Å². The number of hydrogen-bond acceptors (Lipinski definition) is 6. The number of ether oxygens (including phenoxy) is 3. The predicted molar refractivity (Wildman–Crippen MR) is 106 cm³/mol. The molecular weight excluding hydrogens is 470 g/mol. The molecule has 0 unspecified atom stereocenters. The van der Waals surface area contributed by atoms with Crippen molar-refractivity contribution in [1.29, 1.82) is 5.26 Å². The van der Waals surface area contributed by atoms with Crippen molar-refractivity contribution >= 4 is 11.7 Å². The summed E-state index contributed by atoms with van der Waals surface area (Å²) in [6, 6.07) is 9.93. The minimum Gasteiger partial charge on any atom is -0.491 e. The SMILES string of the molecule is COC(=O)Cc1ccc(OC[C@@H]2CN(c3ccc(C#N)c(C(F)(F)F)c3)[C@@H](C(F)(F)F)O2)cc1. The van der Waals surface area contributed by atoms with Crippen LogP contribution in [0.25, 0.3) is 0 Å². The van der Waals surface area contributed by atoms with Crippen molar-refractivity contribution in [2.24, 2.45) is 0 Å². The van der Waals surface area contributed by atoms with Crippen LogP contribution in [0.1, 0.15) is 16.7 Å². The molecule has 0 amide bonds. The van der Waals surface area contributed by atoms with E-state index in [4.69, 9.17) is 14.7 Å². The number of carbonyl (C=O) groups is 1. The number of nitriles is 1. The molecule has 2 atom stereocenters. The quantitative estimate of drug-likeness (QED) is 0.442. The van der Waals surface area contributed by atoms with Gasteiger partial charge in [-0.15, -0.1) is 0 Å². The number of methoxy groups -OCH3 is 1. The van der Waals surface area contributed by atoms with E-state index in [-0.39, 0.29) is 18.7 Å². The Morgan fingerprint density at radius 2 is 1.82 bits per heavy atom. The molecule has 1 saturated heterocycles. The molecule has 34 heavy (non-hydrogen) atoms. The van der Waals surface area contributed by atoms with Crippen molar-refractivity contribution in [3.05, 3.63) is 59.2 Å². The van der Waals surface area contributed by atoms with E-state index in [1.807, 2.05) is 0 Å².